The van der Waals surface area contributed by atoms with Gasteiger partial charge in [0.2, 0.25) is 0 Å². The molecule has 2 N–H and O–H groups in total. The van der Waals surface area contributed by atoms with Crippen LogP contribution < -0.4 is 25.8 Å². The summed E-state index contributed by atoms with van der Waals surface area (Å²) in [6, 6.07) is 15.8. The molecule has 2 atom stereocenters. The number of nitrogens with zero attached hydrogens (tertiary/aromatic N) is 4. The lowest BCUT2D eigenvalue weighted by molar-refractivity contribution is 0.116. The molecule has 0 amide bonds. The first-order chi connectivity index (χ1) is 20.6. The molecule has 1 saturated carbocycles. The van der Waals surface area contributed by atoms with Crippen LogP contribution in [-0.4, -0.2) is 61.1 Å². The Hall–Kier alpha value is -3.86. The third kappa shape index (κ3) is 5.04. The van der Waals surface area contributed by atoms with E-state index in [0.29, 0.717) is 36.8 Å². The fraction of sp³-hybridized carbons (Fsp3) is 0.375. The highest BCUT2D eigenvalue weighted by atomic mass is 32.1. The molecular weight excluding hydrogens is 550 g/mol. The van der Waals surface area contributed by atoms with Gasteiger partial charge in [-0.05, 0) is 60.2 Å². The smallest absolute Gasteiger partial charge is 0.265 e. The van der Waals surface area contributed by atoms with Crippen LogP contribution >= 0.6 is 11.3 Å². The third-order valence-electron chi connectivity index (χ3n) is 8.44. The molecule has 0 spiro atoms. The number of hydrogen-bond acceptors (Lipinski definition) is 8. The number of methoxy groups -OCH3 is 1. The molecule has 217 valence electrons. The Morgan fingerprint density at radius 3 is 2.67 bits per heavy atom. The normalized spacial score (nSPS) is 20.2. The average Bonchev–Trinajstić information content (AvgIpc) is 3.68. The van der Waals surface area contributed by atoms with Gasteiger partial charge in [0.1, 0.15) is 16.1 Å². The Balaban J connectivity index is 1.32. The van der Waals surface area contributed by atoms with Crippen molar-refractivity contribution in [2.75, 3.05) is 43.6 Å². The molecule has 1 saturated heterocycles. The first kappa shape index (κ1) is 27.0. The molecule has 3 aliphatic rings. The summed E-state index contributed by atoms with van der Waals surface area (Å²) >= 11 is 1.54. The van der Waals surface area contributed by atoms with Crippen LogP contribution in [0, 0.1) is 0 Å². The summed E-state index contributed by atoms with van der Waals surface area (Å²) in [4.78, 5) is 22.5. The number of benzene rings is 2. The second kappa shape index (κ2) is 11.4. The summed E-state index contributed by atoms with van der Waals surface area (Å²) in [5, 5.41) is 22.3. The monoisotopic (exact) mass is 584 g/mol. The molecule has 10 heteroatoms. The van der Waals surface area contributed by atoms with Crippen LogP contribution in [0.4, 0.5) is 22.7 Å². The number of anilines is 2. The van der Waals surface area contributed by atoms with Crippen LogP contribution in [0.5, 0.6) is 5.75 Å². The molecule has 4 aromatic rings. The van der Waals surface area contributed by atoms with Crippen molar-refractivity contribution in [3.8, 4) is 5.75 Å². The number of morpholine rings is 1. The molecule has 2 fully saturated rings. The summed E-state index contributed by atoms with van der Waals surface area (Å²) in [5.41, 5.74) is 4.56. The van der Waals surface area contributed by atoms with Gasteiger partial charge in [-0.1, -0.05) is 25.0 Å². The molecule has 1 radical (unpaired) electrons. The van der Waals surface area contributed by atoms with E-state index in [1.54, 1.807) is 7.11 Å². The van der Waals surface area contributed by atoms with Crippen molar-refractivity contribution in [2.45, 2.75) is 44.4 Å². The minimum Gasteiger partial charge on any atom is -0.497 e. The van der Waals surface area contributed by atoms with Crippen molar-refractivity contribution in [3.05, 3.63) is 75.4 Å². The third-order valence-corrected chi connectivity index (χ3v) is 9.37. The van der Waals surface area contributed by atoms with Gasteiger partial charge in [0.25, 0.3) is 5.56 Å². The predicted molar refractivity (Wildman–Crippen MR) is 168 cm³/mol. The van der Waals surface area contributed by atoms with Gasteiger partial charge in [0.05, 0.1) is 56.1 Å². The van der Waals surface area contributed by atoms with Gasteiger partial charge >= 0.3 is 0 Å². The minimum atomic E-state index is -0.474. The van der Waals surface area contributed by atoms with E-state index in [1.807, 2.05) is 52.4 Å². The number of aliphatic hydroxyl groups excluding tert-OH is 1. The maximum atomic E-state index is 14.5. The van der Waals surface area contributed by atoms with Gasteiger partial charge in [-0.25, -0.2) is 10.3 Å². The minimum absolute atomic E-state index is 0.144. The lowest BCUT2D eigenvalue weighted by Gasteiger charge is -2.30. The second-order valence-corrected chi connectivity index (χ2v) is 11.9. The molecular formula is C32H34N5O4S. The Labute approximate surface area is 248 Å². The largest absolute Gasteiger partial charge is 0.497 e. The number of nitrogens with one attached hydrogen (secondary N) is 1. The summed E-state index contributed by atoms with van der Waals surface area (Å²) in [5.74, 6) is 1.17. The molecule has 2 aromatic heterocycles. The molecule has 0 unspecified atom stereocenters. The summed E-state index contributed by atoms with van der Waals surface area (Å²) < 4.78 is 12.7. The maximum absolute atomic E-state index is 14.5. The molecule has 9 nitrogen and oxygen atoms in total. The number of fused-ring (bicyclic) bond motifs is 2. The van der Waals surface area contributed by atoms with Gasteiger partial charge in [-0.2, -0.15) is 0 Å². The van der Waals surface area contributed by atoms with Crippen molar-refractivity contribution in [2.24, 2.45) is 4.99 Å². The van der Waals surface area contributed by atoms with Crippen LogP contribution in [0.15, 0.2) is 63.7 Å². The summed E-state index contributed by atoms with van der Waals surface area (Å²) in [6.45, 7) is 3.46. The van der Waals surface area contributed by atoms with Crippen LogP contribution in [-0.2, 0) is 11.3 Å². The zero-order valence-corrected chi connectivity index (χ0v) is 24.4. The highest BCUT2D eigenvalue weighted by Crippen LogP contribution is 2.39. The van der Waals surface area contributed by atoms with Gasteiger partial charge in [-0.3, -0.25) is 9.36 Å². The highest BCUT2D eigenvalue weighted by Gasteiger charge is 2.31. The van der Waals surface area contributed by atoms with Crippen molar-refractivity contribution in [1.82, 2.24) is 9.88 Å². The van der Waals surface area contributed by atoms with Crippen LogP contribution in [0.1, 0.15) is 36.8 Å². The van der Waals surface area contributed by atoms with Gasteiger partial charge in [0.15, 0.2) is 5.84 Å². The molecule has 7 rings (SSSR count). The second-order valence-electron chi connectivity index (χ2n) is 11.1. The Kier molecular flexibility index (Phi) is 7.35. The standard InChI is InChI=1S/C32H34N5O4S/c1-40-22-9-6-20(7-10-22)19-37-31(39)28(29(23-12-17-42-32(23)37)33-25-4-2-3-5-27(25)38)30-34-24-11-8-21(18-26(24)35-30)36-13-15-41-16-14-36/h6-12,17-18,25,27,33,38H,2-5,13-16,19H2,1H3/t25-,27+/m0/s1. The highest BCUT2D eigenvalue weighted by molar-refractivity contribution is 7.16. The van der Waals surface area contributed by atoms with E-state index >= 15 is 0 Å². The lowest BCUT2D eigenvalue weighted by Crippen LogP contribution is -2.38. The maximum Gasteiger partial charge on any atom is 0.265 e. The number of thiophene rings is 1. The molecule has 0 bridgehead atoms. The van der Waals surface area contributed by atoms with Gasteiger partial charge < -0.3 is 24.8 Å². The fourth-order valence-electron chi connectivity index (χ4n) is 6.13. The number of rotatable bonds is 7. The van der Waals surface area contributed by atoms with E-state index < -0.39 is 6.10 Å². The van der Waals surface area contributed by atoms with Crippen molar-refractivity contribution in [3.63, 3.8) is 0 Å². The predicted octanol–water partition coefficient (Wildman–Crippen LogP) is 5.00. The molecule has 4 heterocycles. The van der Waals surface area contributed by atoms with Crippen LogP contribution in [0.2, 0.25) is 0 Å². The summed E-state index contributed by atoms with van der Waals surface area (Å²) in [7, 11) is 1.64. The van der Waals surface area contributed by atoms with Gasteiger partial charge in [0, 0.05) is 24.2 Å². The SMILES string of the molecule is COc1ccc(Cn2c(=O)c(C3=Nc4ccc(N5CCOCC5)cc4[N]3)c(N[C@H]3CCCC[C@H]3O)c3ccsc32)cc1. The number of aliphatic hydroxyl groups is 1. The average molecular weight is 585 g/mol. The summed E-state index contributed by atoms with van der Waals surface area (Å²) in [6.07, 6.45) is 3.15. The number of pyridine rings is 1. The van der Waals surface area contributed by atoms with E-state index in [4.69, 9.17) is 19.8 Å². The Morgan fingerprint density at radius 1 is 1.07 bits per heavy atom. The van der Waals surface area contributed by atoms with Crippen molar-refractivity contribution >= 4 is 50.1 Å². The Bertz CT molecular complexity index is 1690. The quantitative estimate of drug-likeness (QED) is 0.317. The van der Waals surface area contributed by atoms with E-state index in [0.717, 1.165) is 77.4 Å². The van der Waals surface area contributed by atoms with Crippen LogP contribution in [0.25, 0.3) is 10.2 Å². The number of aliphatic imine (C=N–C) groups is 1. The van der Waals surface area contributed by atoms with E-state index in [1.165, 1.54) is 11.3 Å². The Morgan fingerprint density at radius 2 is 1.88 bits per heavy atom. The molecule has 42 heavy (non-hydrogen) atoms. The zero-order chi connectivity index (χ0) is 28.6. The first-order valence-electron chi connectivity index (χ1n) is 14.6. The topological polar surface area (TPSA) is 102 Å². The molecule has 2 aliphatic heterocycles. The zero-order valence-electron chi connectivity index (χ0n) is 23.6. The number of ether oxygens (including phenoxy) is 2. The number of hydrogen-bond donors (Lipinski definition) is 2. The first-order valence-corrected chi connectivity index (χ1v) is 15.5. The molecule has 2 aromatic carbocycles. The van der Waals surface area contributed by atoms with E-state index in [9.17, 15) is 9.90 Å². The van der Waals surface area contributed by atoms with Crippen molar-refractivity contribution < 1.29 is 14.6 Å². The lowest BCUT2D eigenvalue weighted by atomic mass is 9.92. The number of amidine groups is 1. The van der Waals surface area contributed by atoms with Gasteiger partial charge in [-0.15, -0.1) is 11.3 Å². The fourth-order valence-corrected chi connectivity index (χ4v) is 7.03. The number of aromatic nitrogens is 1. The van der Waals surface area contributed by atoms with Crippen LogP contribution in [0.3, 0.4) is 0 Å². The van der Waals surface area contributed by atoms with Crippen molar-refractivity contribution in [1.29, 1.82) is 0 Å². The van der Waals surface area contributed by atoms with E-state index in [2.05, 4.69) is 16.3 Å². The molecule has 1 aliphatic carbocycles. The van der Waals surface area contributed by atoms with E-state index in [-0.39, 0.29) is 11.6 Å².